The molecule has 10 heterocycles. The van der Waals surface area contributed by atoms with Crippen LogP contribution in [0.3, 0.4) is 0 Å². The van der Waals surface area contributed by atoms with Crippen molar-refractivity contribution in [3.05, 3.63) is 138 Å². The van der Waals surface area contributed by atoms with Crippen molar-refractivity contribution in [1.29, 1.82) is 0 Å². The number of hydrogen-bond acceptors (Lipinski definition) is 22. The van der Waals surface area contributed by atoms with Crippen LogP contribution in [0, 0.1) is 0 Å². The first-order chi connectivity index (χ1) is 34.8. The van der Waals surface area contributed by atoms with Crippen LogP contribution in [0.2, 0.25) is 0 Å². The van der Waals surface area contributed by atoms with Gasteiger partial charge in [0.15, 0.2) is 0 Å². The molecule has 0 spiro atoms. The van der Waals surface area contributed by atoms with Crippen LogP contribution in [0.5, 0.6) is 0 Å². The number of rotatable bonds is 4. The summed E-state index contributed by atoms with van der Waals surface area (Å²) < 4.78 is 169. The molecule has 0 aromatic carbocycles. The van der Waals surface area contributed by atoms with Crippen LogP contribution in [-0.4, -0.2) is 84.2 Å². The van der Waals surface area contributed by atoms with Gasteiger partial charge in [0.2, 0.25) is 20.4 Å². The molecule has 1 radical (unpaired) electrons. The minimum Gasteiger partial charge on any atom is -0.869 e. The number of pyridine rings is 2. The Hall–Kier alpha value is -1.76. The zero-order chi connectivity index (χ0) is 53.6. The summed E-state index contributed by atoms with van der Waals surface area (Å²) in [5.41, 5.74) is 2.73. The predicted octanol–water partition coefficient (Wildman–Crippen LogP) is 13.8. The zero-order valence-electron chi connectivity index (χ0n) is 36.1. The number of carbonyl (C=O) groups is 2. The molecule has 75 heavy (non-hydrogen) atoms. The fraction of sp³-hybridized carbons (Fsp3) is 0.300. The van der Waals surface area contributed by atoms with Crippen LogP contribution >= 0.6 is 141 Å². The van der Waals surface area contributed by atoms with E-state index < -0.39 is 59.9 Å². The molecule has 2 aromatic heterocycles. The Kier molecular flexibility index (Phi) is 22.6. The molecule has 0 saturated heterocycles. The average molecular weight is 1330 g/mol. The van der Waals surface area contributed by atoms with E-state index in [1.807, 2.05) is 119 Å². The summed E-state index contributed by atoms with van der Waals surface area (Å²) in [6.45, 7) is 2.62. The summed E-state index contributed by atoms with van der Waals surface area (Å²) in [5.74, 6) is -9.06. The first kappa shape index (κ1) is 62.4. The molecule has 2 atom stereocenters. The van der Waals surface area contributed by atoms with Crippen LogP contribution in [-0.2, 0) is 45.6 Å². The molecule has 0 N–H and O–H groups in total. The van der Waals surface area contributed by atoms with E-state index >= 15 is 0 Å². The summed E-state index contributed by atoms with van der Waals surface area (Å²) in [7, 11) is 0. The van der Waals surface area contributed by atoms with Gasteiger partial charge in [-0.1, -0.05) is 47.0 Å². The van der Waals surface area contributed by atoms with Crippen LogP contribution in [0.25, 0.3) is 0 Å². The first-order valence-electron chi connectivity index (χ1n) is 19.8. The normalized spacial score (nSPS) is 21.8. The van der Waals surface area contributed by atoms with Crippen LogP contribution in [0.1, 0.15) is 21.6 Å². The topological polar surface area (TPSA) is 143 Å². The quantitative estimate of drug-likeness (QED) is 0.124. The second-order valence-corrected chi connectivity index (χ2v) is 28.4. The number of alkyl halides is 12. The Labute approximate surface area is 478 Å². The predicted molar refractivity (Wildman–Crippen MR) is 271 cm³/mol. The van der Waals surface area contributed by atoms with Crippen molar-refractivity contribution in [2.75, 3.05) is 37.9 Å². The van der Waals surface area contributed by atoms with Gasteiger partial charge in [0.05, 0.1) is 33.9 Å². The number of thioether (sulfide) groups is 12. The number of carbonyl (C=O) groups excluding carboxylic acids is 2. The van der Waals surface area contributed by atoms with E-state index in [1.165, 1.54) is 45.0 Å². The van der Waals surface area contributed by atoms with E-state index in [9.17, 15) is 72.5 Å². The van der Waals surface area contributed by atoms with Gasteiger partial charge in [-0.3, -0.25) is 19.6 Å². The first-order valence-corrected chi connectivity index (χ1v) is 30.0. The Morgan fingerprint density at radius 3 is 1.01 bits per heavy atom. The van der Waals surface area contributed by atoms with Gasteiger partial charge in [0.1, 0.15) is 26.4 Å². The van der Waals surface area contributed by atoms with Gasteiger partial charge >= 0.3 is 41.8 Å². The smallest absolute Gasteiger partial charge is 0.869 e. The molecule has 0 fully saturated rings. The second kappa shape index (κ2) is 27.1. The summed E-state index contributed by atoms with van der Waals surface area (Å²) in [6.07, 6.45) is -16.3. The average Bonchev–Trinajstić information content (AvgIpc) is 4.18. The van der Waals surface area contributed by atoms with Crippen LogP contribution in [0.15, 0.2) is 127 Å². The maximum Gasteiger partial charge on any atom is 2.00 e. The molecule has 8 aliphatic rings. The third-order valence-electron chi connectivity index (χ3n) is 8.61. The van der Waals surface area contributed by atoms with Crippen molar-refractivity contribution in [2.24, 2.45) is 0 Å². The van der Waals surface area contributed by atoms with Gasteiger partial charge < -0.3 is 29.2 Å². The number of ether oxygens (including phenoxy) is 4. The van der Waals surface area contributed by atoms with Crippen LogP contribution < -0.4 is 10.2 Å². The van der Waals surface area contributed by atoms with E-state index in [-0.39, 0.29) is 17.1 Å². The van der Waals surface area contributed by atoms with Gasteiger partial charge in [0, 0.05) is 46.8 Å². The molecule has 0 amide bonds. The maximum absolute atomic E-state index is 11.3. The van der Waals surface area contributed by atoms with E-state index in [0.29, 0.717) is 36.9 Å². The fourth-order valence-electron chi connectivity index (χ4n) is 5.32. The summed E-state index contributed by atoms with van der Waals surface area (Å²) in [6, 6.07) is 8.52. The van der Waals surface area contributed by atoms with E-state index in [4.69, 9.17) is 18.9 Å². The van der Waals surface area contributed by atoms with Gasteiger partial charge in [-0.2, -0.15) is 52.7 Å². The maximum atomic E-state index is 11.3. The Morgan fingerprint density at radius 2 is 0.733 bits per heavy atom. The van der Waals surface area contributed by atoms with Crippen molar-refractivity contribution in [3.8, 4) is 0 Å². The van der Waals surface area contributed by atoms with E-state index in [2.05, 4.69) is 34.2 Å². The minimum absolute atomic E-state index is 0. The SMILES string of the molecule is O=C(/C=C(\[O-])C(F)(F)F)C(F)(F)F.O=C(/C=C(\[O-])C(F)(F)F)C(F)(F)F.[Mn+2].c1cc([C@@H]2CSC3=C(SC(=C4SC5=C(OCCO5)S4)S3)S2)ccn1.c1cc([C@H]2CSC3=C(SC(=C4SC5=C(OCCO5)S4)S3)S2)ccn1. The van der Waals surface area contributed by atoms with Crippen molar-refractivity contribution in [1.82, 2.24) is 9.97 Å². The molecule has 35 heteroatoms. The Balaban J connectivity index is 0.000000170. The van der Waals surface area contributed by atoms with Crippen molar-refractivity contribution < 1.29 is 109 Å². The van der Waals surface area contributed by atoms with Gasteiger partial charge in [-0.15, -0.1) is 47.0 Å². The minimum atomic E-state index is -5.46. The molecule has 10 nitrogen and oxygen atoms in total. The summed E-state index contributed by atoms with van der Waals surface area (Å²) in [5, 5.41) is 24.4. The molecule has 0 saturated carbocycles. The number of hydrogen-bond donors (Lipinski definition) is 0. The Bertz CT molecular complexity index is 2520. The second-order valence-electron chi connectivity index (χ2n) is 13.8. The summed E-state index contributed by atoms with van der Waals surface area (Å²) in [4.78, 5) is 27.9. The third-order valence-corrected chi connectivity index (χ3v) is 26.5. The monoisotopic (exact) mass is 1330 g/mol. The molecule has 405 valence electrons. The molecular weight excluding hydrogens is 1300 g/mol. The third kappa shape index (κ3) is 17.6. The van der Waals surface area contributed by atoms with Crippen molar-refractivity contribution in [2.45, 2.75) is 35.2 Å². The Morgan fingerprint density at radius 1 is 0.453 bits per heavy atom. The van der Waals surface area contributed by atoms with Gasteiger partial charge in [-0.05, 0) is 106 Å². The molecular formula is C40H24F12MnN2O8S12. The summed E-state index contributed by atoms with van der Waals surface area (Å²) >= 11 is 22.4. The number of nitrogens with zero attached hydrogens (tertiary/aromatic N) is 2. The van der Waals surface area contributed by atoms with Crippen molar-refractivity contribution >= 4 is 153 Å². The zero-order valence-corrected chi connectivity index (χ0v) is 47.1. The number of ketones is 2. The van der Waals surface area contributed by atoms with Gasteiger partial charge in [-0.25, -0.2) is 0 Å². The van der Waals surface area contributed by atoms with Gasteiger partial charge in [0.25, 0.3) is 11.6 Å². The van der Waals surface area contributed by atoms with E-state index in [1.54, 1.807) is 47.0 Å². The molecule has 10 rings (SSSR count). The van der Waals surface area contributed by atoms with Crippen molar-refractivity contribution in [3.63, 3.8) is 0 Å². The van der Waals surface area contributed by atoms with E-state index in [0.717, 1.165) is 31.9 Å². The number of aromatic nitrogens is 2. The standard InChI is InChI=1S/2C15H11NO2S6.2C5H2F6O2.Mn/c2*1-3-16-4-2-8(1)9-7-19-12-13(20-9)24-15(23-12)14-21-10-11(22-14)18-6-5-17-10;2*6-4(7,8)2(12)1-3(13)5(9,10)11;/h2*1-4,9H,5-7H2;2*1,12H;/q;;;;+2/p-2/b;;2*2-1-;/t2*9-;;;/m10.../s1. The molecule has 0 bridgehead atoms. The molecule has 0 unspecified atom stereocenters. The molecule has 0 aliphatic carbocycles. The number of allylic oxidation sites excluding steroid dienone is 4. The van der Waals surface area contributed by atoms with Crippen LogP contribution in [0.4, 0.5) is 52.7 Å². The fourth-order valence-corrected chi connectivity index (χ4v) is 23.2. The molecule has 2 aromatic rings. The molecule has 8 aliphatic heterocycles. The largest absolute Gasteiger partial charge is 2.00 e. The number of halogens is 12.